The van der Waals surface area contributed by atoms with Crippen LogP contribution in [0.3, 0.4) is 0 Å². The van der Waals surface area contributed by atoms with Gasteiger partial charge >= 0.3 is 0 Å². The van der Waals surface area contributed by atoms with Crippen LogP contribution in [0.15, 0.2) is 17.1 Å². The van der Waals surface area contributed by atoms with E-state index in [9.17, 15) is 4.79 Å². The molecule has 1 saturated carbocycles. The minimum atomic E-state index is 0.0129. The molecule has 4 heterocycles. The van der Waals surface area contributed by atoms with E-state index in [1.165, 1.54) is 31.4 Å². The van der Waals surface area contributed by atoms with E-state index in [1.54, 1.807) is 4.68 Å². The largest absolute Gasteiger partial charge is 0.375 e. The number of ether oxygens (including phenoxy) is 1. The van der Waals surface area contributed by atoms with Crippen molar-refractivity contribution in [1.29, 1.82) is 0 Å². The molecule has 1 unspecified atom stereocenters. The topological polar surface area (TPSA) is 49.0 Å². The van der Waals surface area contributed by atoms with Gasteiger partial charge in [0.05, 0.1) is 28.7 Å². The molecule has 0 N–H and O–H groups in total. The Morgan fingerprint density at radius 1 is 1.21 bits per heavy atom. The molecule has 0 aromatic carbocycles. The second-order valence-corrected chi connectivity index (χ2v) is 7.82. The second kappa shape index (κ2) is 5.45. The van der Waals surface area contributed by atoms with Gasteiger partial charge in [0, 0.05) is 18.8 Å². The van der Waals surface area contributed by atoms with Crippen LogP contribution in [0.4, 0.5) is 0 Å². The van der Waals surface area contributed by atoms with Crippen LogP contribution in [0.25, 0.3) is 10.9 Å². The quantitative estimate of drug-likeness (QED) is 0.808. The van der Waals surface area contributed by atoms with Gasteiger partial charge in [-0.2, -0.15) is 5.10 Å². The van der Waals surface area contributed by atoms with E-state index < -0.39 is 0 Å². The first-order valence-corrected chi connectivity index (χ1v) is 9.50. The molecule has 1 spiro atoms. The van der Waals surface area contributed by atoms with Crippen molar-refractivity contribution in [3.05, 3.63) is 28.3 Å². The molecule has 3 aliphatic rings. The molecule has 5 rings (SSSR count). The van der Waals surface area contributed by atoms with E-state index >= 15 is 0 Å². The fraction of sp³-hybridized carbons (Fsp3) is 0.684. The van der Waals surface area contributed by atoms with Crippen LogP contribution in [0.2, 0.25) is 0 Å². The lowest BCUT2D eigenvalue weighted by atomic mass is 9.89. The Bertz CT molecular complexity index is 829. The molecule has 0 radical (unpaired) electrons. The van der Waals surface area contributed by atoms with Crippen LogP contribution in [0.1, 0.15) is 63.1 Å². The van der Waals surface area contributed by atoms with Crippen LogP contribution in [0.5, 0.6) is 0 Å². The fourth-order valence-corrected chi connectivity index (χ4v) is 5.11. The van der Waals surface area contributed by atoms with Gasteiger partial charge in [-0.05, 0) is 51.0 Å². The summed E-state index contributed by atoms with van der Waals surface area (Å²) in [4.78, 5) is 13.1. The molecule has 1 atom stereocenters. The van der Waals surface area contributed by atoms with Gasteiger partial charge in [-0.25, -0.2) is 4.68 Å². The van der Waals surface area contributed by atoms with Crippen LogP contribution >= 0.6 is 0 Å². The average molecular weight is 327 g/mol. The van der Waals surface area contributed by atoms with E-state index in [0.29, 0.717) is 0 Å². The van der Waals surface area contributed by atoms with E-state index in [0.717, 1.165) is 56.2 Å². The van der Waals surface area contributed by atoms with Crippen LogP contribution in [0, 0.1) is 0 Å². The molecular weight excluding hydrogens is 302 g/mol. The highest BCUT2D eigenvalue weighted by molar-refractivity contribution is 5.79. The van der Waals surface area contributed by atoms with Crippen molar-refractivity contribution in [2.24, 2.45) is 0 Å². The summed E-state index contributed by atoms with van der Waals surface area (Å²) < 4.78 is 10.2. The van der Waals surface area contributed by atoms with Gasteiger partial charge in [-0.1, -0.05) is 12.8 Å². The summed E-state index contributed by atoms with van der Waals surface area (Å²) in [6.45, 7) is 1.77. The van der Waals surface area contributed by atoms with Crippen molar-refractivity contribution >= 4 is 10.9 Å². The first-order chi connectivity index (χ1) is 11.8. The maximum Gasteiger partial charge on any atom is 0.276 e. The summed E-state index contributed by atoms with van der Waals surface area (Å²) in [5.74, 6) is 0. The first-order valence-electron chi connectivity index (χ1n) is 9.50. The lowest BCUT2D eigenvalue weighted by Crippen LogP contribution is -2.41. The van der Waals surface area contributed by atoms with Gasteiger partial charge in [-0.3, -0.25) is 4.79 Å². The first kappa shape index (κ1) is 14.7. The summed E-state index contributed by atoms with van der Waals surface area (Å²) >= 11 is 0. The number of nitrogens with zero attached hydrogens (tertiary/aromatic N) is 3. The molecule has 1 saturated heterocycles. The number of fused-ring (bicyclic) bond motifs is 3. The Morgan fingerprint density at radius 3 is 2.96 bits per heavy atom. The van der Waals surface area contributed by atoms with Crippen molar-refractivity contribution in [2.75, 3.05) is 6.61 Å². The van der Waals surface area contributed by atoms with Gasteiger partial charge in [0.25, 0.3) is 5.56 Å². The molecule has 2 aromatic rings. The van der Waals surface area contributed by atoms with E-state index in [4.69, 9.17) is 4.74 Å². The van der Waals surface area contributed by atoms with Crippen molar-refractivity contribution in [3.8, 4) is 0 Å². The summed E-state index contributed by atoms with van der Waals surface area (Å²) in [7, 11) is 0. The maximum absolute atomic E-state index is 13.1. The highest BCUT2D eigenvalue weighted by Crippen LogP contribution is 2.43. The SMILES string of the molecule is O=c1c2cc3n(c2cnn1C1CCOC2(CCCC2)C1)CCCC3. The molecule has 5 heteroatoms. The minimum Gasteiger partial charge on any atom is -0.375 e. The van der Waals surface area contributed by atoms with E-state index in [1.807, 2.05) is 6.20 Å². The van der Waals surface area contributed by atoms with Crippen molar-refractivity contribution in [2.45, 2.75) is 76.0 Å². The van der Waals surface area contributed by atoms with Crippen molar-refractivity contribution < 1.29 is 4.74 Å². The summed E-state index contributed by atoms with van der Waals surface area (Å²) in [6, 6.07) is 2.30. The smallest absolute Gasteiger partial charge is 0.276 e. The van der Waals surface area contributed by atoms with Gasteiger partial charge < -0.3 is 9.30 Å². The Kier molecular flexibility index (Phi) is 3.34. The standard InChI is InChI=1S/C19H25N3O2/c23-18-16-11-14-5-1-4-9-21(14)17(16)13-20-22(18)15-6-10-24-19(12-15)7-2-3-8-19/h11,13,15H,1-10,12H2. The van der Waals surface area contributed by atoms with Crippen LogP contribution in [-0.4, -0.2) is 26.6 Å². The minimum absolute atomic E-state index is 0.0129. The zero-order chi connectivity index (χ0) is 16.1. The molecule has 5 nitrogen and oxygen atoms in total. The zero-order valence-corrected chi connectivity index (χ0v) is 14.2. The Morgan fingerprint density at radius 2 is 2.08 bits per heavy atom. The number of rotatable bonds is 1. The molecule has 24 heavy (non-hydrogen) atoms. The van der Waals surface area contributed by atoms with Crippen molar-refractivity contribution in [3.63, 3.8) is 0 Å². The van der Waals surface area contributed by atoms with Gasteiger partial charge in [0.2, 0.25) is 0 Å². The highest BCUT2D eigenvalue weighted by atomic mass is 16.5. The summed E-state index contributed by atoms with van der Waals surface area (Å²) in [5.41, 5.74) is 2.43. The predicted molar refractivity (Wildman–Crippen MR) is 92.4 cm³/mol. The van der Waals surface area contributed by atoms with Gasteiger partial charge in [-0.15, -0.1) is 0 Å². The van der Waals surface area contributed by atoms with Crippen LogP contribution < -0.4 is 5.56 Å². The molecule has 128 valence electrons. The molecule has 1 aliphatic carbocycles. The lowest BCUT2D eigenvalue weighted by molar-refractivity contribution is -0.0915. The zero-order valence-electron chi connectivity index (χ0n) is 14.2. The summed E-state index contributed by atoms with van der Waals surface area (Å²) in [6.07, 6.45) is 12.0. The maximum atomic E-state index is 13.1. The number of aromatic nitrogens is 3. The average Bonchev–Trinajstić information content (AvgIpc) is 3.20. The molecular formula is C19H25N3O2. The second-order valence-electron chi connectivity index (χ2n) is 7.82. The fourth-order valence-electron chi connectivity index (χ4n) is 5.11. The third kappa shape index (κ3) is 2.17. The molecule has 0 bridgehead atoms. The summed E-state index contributed by atoms with van der Waals surface area (Å²) in [5, 5.41) is 5.45. The molecule has 2 fully saturated rings. The molecule has 2 aromatic heterocycles. The Labute approximate surface area is 141 Å². The predicted octanol–water partition coefficient (Wildman–Crippen LogP) is 3.20. The monoisotopic (exact) mass is 327 g/mol. The third-order valence-electron chi connectivity index (χ3n) is 6.36. The van der Waals surface area contributed by atoms with Crippen molar-refractivity contribution in [1.82, 2.24) is 14.3 Å². The van der Waals surface area contributed by atoms with E-state index in [-0.39, 0.29) is 17.2 Å². The number of hydrogen-bond donors (Lipinski definition) is 0. The highest BCUT2D eigenvalue weighted by Gasteiger charge is 2.41. The molecule has 0 amide bonds. The normalized spacial score (nSPS) is 26.1. The third-order valence-corrected chi connectivity index (χ3v) is 6.36. The number of aryl methyl sites for hydroxylation is 2. The number of hydrogen-bond acceptors (Lipinski definition) is 3. The lowest BCUT2D eigenvalue weighted by Gasteiger charge is -2.38. The van der Waals surface area contributed by atoms with E-state index in [2.05, 4.69) is 15.7 Å². The van der Waals surface area contributed by atoms with Crippen LogP contribution in [-0.2, 0) is 17.7 Å². The Balaban J connectivity index is 1.55. The van der Waals surface area contributed by atoms with Gasteiger partial charge in [0.15, 0.2) is 0 Å². The van der Waals surface area contributed by atoms with Gasteiger partial charge in [0.1, 0.15) is 0 Å². The molecule has 2 aliphatic heterocycles. The Hall–Kier alpha value is -1.62.